The van der Waals surface area contributed by atoms with Gasteiger partial charge in [0.05, 0.1) is 11.4 Å². The van der Waals surface area contributed by atoms with Gasteiger partial charge in [0.25, 0.3) is 0 Å². The Hall–Kier alpha value is -1.84. The van der Waals surface area contributed by atoms with Crippen LogP contribution in [0.5, 0.6) is 0 Å². The molecule has 0 aliphatic carbocycles. The number of halogens is 1. The topological polar surface area (TPSA) is 43.3 Å². The predicted molar refractivity (Wildman–Crippen MR) is 83.1 cm³/mol. The summed E-state index contributed by atoms with van der Waals surface area (Å²) in [7, 11) is 0. The van der Waals surface area contributed by atoms with Crippen LogP contribution in [0, 0.1) is 6.92 Å². The zero-order valence-electron chi connectivity index (χ0n) is 11.3. The summed E-state index contributed by atoms with van der Waals surface area (Å²) in [4.78, 5) is 4.66. The number of nitrogens with two attached hydrogens (primary N) is 1. The van der Waals surface area contributed by atoms with Crippen molar-refractivity contribution in [2.45, 2.75) is 13.3 Å². The van der Waals surface area contributed by atoms with Crippen molar-refractivity contribution in [3.05, 3.63) is 58.9 Å². The Kier molecular flexibility index (Phi) is 3.47. The van der Waals surface area contributed by atoms with Gasteiger partial charge in [-0.15, -0.1) is 0 Å². The molecule has 0 bridgehead atoms. The lowest BCUT2D eigenvalue weighted by atomic mass is 10.1. The Labute approximate surface area is 123 Å². The highest BCUT2D eigenvalue weighted by atomic mass is 35.5. The maximum absolute atomic E-state index is 6.35. The van der Waals surface area contributed by atoms with E-state index < -0.39 is 0 Å². The van der Waals surface area contributed by atoms with Crippen molar-refractivity contribution in [2.24, 2.45) is 5.73 Å². The summed E-state index contributed by atoms with van der Waals surface area (Å²) in [6.07, 6.45) is 0.737. The number of hydrogen-bond acceptors (Lipinski definition) is 2. The molecule has 2 heterocycles. The van der Waals surface area contributed by atoms with Crippen LogP contribution in [0.4, 0.5) is 0 Å². The molecular weight excluding hydrogens is 270 g/mol. The van der Waals surface area contributed by atoms with Crippen molar-refractivity contribution in [1.29, 1.82) is 0 Å². The molecule has 2 aromatic heterocycles. The van der Waals surface area contributed by atoms with Gasteiger partial charge >= 0.3 is 0 Å². The van der Waals surface area contributed by atoms with Gasteiger partial charge in [-0.2, -0.15) is 0 Å². The summed E-state index contributed by atoms with van der Waals surface area (Å²) >= 11 is 6.35. The maximum atomic E-state index is 6.35. The number of nitrogens with zero attached hydrogens (tertiary/aromatic N) is 2. The van der Waals surface area contributed by atoms with Crippen molar-refractivity contribution in [3.8, 4) is 11.3 Å². The van der Waals surface area contributed by atoms with E-state index in [4.69, 9.17) is 17.3 Å². The summed E-state index contributed by atoms with van der Waals surface area (Å²) < 4.78 is 1.98. The van der Waals surface area contributed by atoms with E-state index in [9.17, 15) is 0 Å². The molecule has 3 aromatic rings. The second kappa shape index (κ2) is 5.27. The van der Waals surface area contributed by atoms with Crippen LogP contribution in [0.2, 0.25) is 5.15 Å². The summed E-state index contributed by atoms with van der Waals surface area (Å²) in [6, 6.07) is 14.1. The lowest BCUT2D eigenvalue weighted by Gasteiger charge is -2.07. The Morgan fingerprint density at radius 3 is 2.60 bits per heavy atom. The van der Waals surface area contributed by atoms with Gasteiger partial charge in [0, 0.05) is 12.0 Å². The highest BCUT2D eigenvalue weighted by Crippen LogP contribution is 2.28. The molecule has 0 aliphatic rings. The molecule has 0 amide bonds. The maximum Gasteiger partial charge on any atom is 0.138 e. The standard InChI is InChI=1S/C16H16ClN3/c1-11-5-7-12(8-6-11)16-13(9-10-18)19-15-4-2-3-14(17)20(15)16/h2-8H,9-10,18H2,1H3. The number of aryl methyl sites for hydroxylation is 1. The predicted octanol–water partition coefficient (Wildman–Crippen LogP) is 3.46. The van der Waals surface area contributed by atoms with Crippen molar-refractivity contribution in [3.63, 3.8) is 0 Å². The van der Waals surface area contributed by atoms with Crippen molar-refractivity contribution >= 4 is 17.2 Å². The normalized spacial score (nSPS) is 11.2. The van der Waals surface area contributed by atoms with Crippen LogP contribution in [0.3, 0.4) is 0 Å². The van der Waals surface area contributed by atoms with E-state index in [0.29, 0.717) is 11.7 Å². The van der Waals surface area contributed by atoms with E-state index in [1.807, 2.05) is 22.6 Å². The third-order valence-corrected chi connectivity index (χ3v) is 3.67. The van der Waals surface area contributed by atoms with Gasteiger partial charge in [-0.1, -0.05) is 47.5 Å². The molecule has 0 saturated heterocycles. The van der Waals surface area contributed by atoms with Crippen LogP contribution < -0.4 is 5.73 Å². The lowest BCUT2D eigenvalue weighted by Crippen LogP contribution is -2.04. The molecule has 3 rings (SSSR count). The van der Waals surface area contributed by atoms with Crippen molar-refractivity contribution in [2.75, 3.05) is 6.54 Å². The van der Waals surface area contributed by atoms with E-state index in [2.05, 4.69) is 36.2 Å². The minimum absolute atomic E-state index is 0.570. The van der Waals surface area contributed by atoms with Crippen LogP contribution in [0.25, 0.3) is 16.9 Å². The van der Waals surface area contributed by atoms with E-state index in [1.54, 1.807) is 0 Å². The third kappa shape index (κ3) is 2.19. The summed E-state index contributed by atoms with van der Waals surface area (Å²) in [5.41, 5.74) is 10.9. The number of imidazole rings is 1. The Bertz CT molecular complexity index is 744. The first-order chi connectivity index (χ1) is 9.70. The summed E-state index contributed by atoms with van der Waals surface area (Å²) in [5.74, 6) is 0. The molecule has 20 heavy (non-hydrogen) atoms. The van der Waals surface area contributed by atoms with Gasteiger partial charge in [0.2, 0.25) is 0 Å². The van der Waals surface area contributed by atoms with Crippen molar-refractivity contribution < 1.29 is 0 Å². The number of benzene rings is 1. The quantitative estimate of drug-likeness (QED) is 0.749. The Balaban J connectivity index is 2.30. The van der Waals surface area contributed by atoms with Gasteiger partial charge in [-0.25, -0.2) is 4.98 Å². The first-order valence-corrected chi connectivity index (χ1v) is 7.01. The smallest absolute Gasteiger partial charge is 0.138 e. The minimum atomic E-state index is 0.570. The molecule has 0 atom stereocenters. The molecule has 2 N–H and O–H groups in total. The average Bonchev–Trinajstić information content (AvgIpc) is 2.80. The lowest BCUT2D eigenvalue weighted by molar-refractivity contribution is 0.939. The van der Waals surface area contributed by atoms with Gasteiger partial charge in [-0.05, 0) is 25.6 Å². The zero-order valence-corrected chi connectivity index (χ0v) is 12.1. The molecule has 0 radical (unpaired) electrons. The van der Waals surface area contributed by atoms with Gasteiger partial charge < -0.3 is 5.73 Å². The number of pyridine rings is 1. The highest BCUT2D eigenvalue weighted by Gasteiger charge is 2.15. The monoisotopic (exact) mass is 285 g/mol. The van der Waals surface area contributed by atoms with E-state index in [1.165, 1.54) is 5.56 Å². The van der Waals surface area contributed by atoms with Crippen LogP contribution in [-0.2, 0) is 6.42 Å². The van der Waals surface area contributed by atoms with E-state index in [0.717, 1.165) is 29.0 Å². The molecule has 0 aliphatic heterocycles. The Morgan fingerprint density at radius 2 is 1.90 bits per heavy atom. The summed E-state index contributed by atoms with van der Waals surface area (Å²) in [5, 5.41) is 0.661. The Morgan fingerprint density at radius 1 is 1.15 bits per heavy atom. The largest absolute Gasteiger partial charge is 0.330 e. The number of hydrogen-bond donors (Lipinski definition) is 1. The molecule has 0 unspecified atom stereocenters. The molecule has 3 nitrogen and oxygen atoms in total. The van der Waals surface area contributed by atoms with Crippen LogP contribution in [0.15, 0.2) is 42.5 Å². The van der Waals surface area contributed by atoms with Gasteiger partial charge in [0.1, 0.15) is 10.8 Å². The highest BCUT2D eigenvalue weighted by molar-refractivity contribution is 6.30. The molecule has 102 valence electrons. The van der Waals surface area contributed by atoms with Gasteiger partial charge in [-0.3, -0.25) is 4.40 Å². The van der Waals surface area contributed by atoms with E-state index in [-0.39, 0.29) is 0 Å². The van der Waals surface area contributed by atoms with Crippen LogP contribution in [0.1, 0.15) is 11.3 Å². The summed E-state index contributed by atoms with van der Waals surface area (Å²) in [6.45, 7) is 2.65. The van der Waals surface area contributed by atoms with Crippen molar-refractivity contribution in [1.82, 2.24) is 9.38 Å². The molecule has 1 aromatic carbocycles. The minimum Gasteiger partial charge on any atom is -0.330 e. The third-order valence-electron chi connectivity index (χ3n) is 3.37. The fraction of sp³-hybridized carbons (Fsp3) is 0.188. The molecule has 0 saturated carbocycles. The SMILES string of the molecule is Cc1ccc(-c2c(CCN)nc3cccc(Cl)n23)cc1. The number of aromatic nitrogens is 2. The average molecular weight is 286 g/mol. The molecule has 0 spiro atoms. The second-order valence-corrected chi connectivity index (χ2v) is 5.24. The first kappa shape index (κ1) is 13.2. The molecule has 4 heteroatoms. The fourth-order valence-electron chi connectivity index (χ4n) is 2.42. The van der Waals surface area contributed by atoms with E-state index >= 15 is 0 Å². The zero-order chi connectivity index (χ0) is 14.1. The second-order valence-electron chi connectivity index (χ2n) is 4.85. The molecular formula is C16H16ClN3. The van der Waals surface area contributed by atoms with Crippen LogP contribution >= 0.6 is 11.6 Å². The fourth-order valence-corrected chi connectivity index (χ4v) is 2.66. The number of rotatable bonds is 3. The van der Waals surface area contributed by atoms with Crippen LogP contribution in [-0.4, -0.2) is 15.9 Å². The number of fused-ring (bicyclic) bond motifs is 1. The molecule has 0 fully saturated rings. The first-order valence-electron chi connectivity index (χ1n) is 6.63. The van der Waals surface area contributed by atoms with Gasteiger partial charge in [0.15, 0.2) is 0 Å².